The first-order valence-electron chi connectivity index (χ1n) is 13.0. The second-order valence-electron chi connectivity index (χ2n) is 10.3. The Kier molecular flexibility index (Phi) is 7.89. The number of H-pyrrole nitrogens is 1. The van der Waals surface area contributed by atoms with Crippen LogP contribution in [0.2, 0.25) is 0 Å². The van der Waals surface area contributed by atoms with Crippen molar-refractivity contribution in [3.63, 3.8) is 0 Å². The molecule has 39 heavy (non-hydrogen) atoms. The molecule has 206 valence electrons. The van der Waals surface area contributed by atoms with Crippen molar-refractivity contribution < 1.29 is 19.5 Å². The maximum Gasteiger partial charge on any atom is 0.315 e. The Balaban J connectivity index is 1.61. The van der Waals surface area contributed by atoms with Gasteiger partial charge < -0.3 is 31.4 Å². The van der Waals surface area contributed by atoms with Crippen LogP contribution in [-0.4, -0.2) is 63.2 Å². The number of fused-ring (bicyclic) bond motifs is 1. The molecule has 2 atom stereocenters. The number of hydrogen-bond donors (Lipinski definition) is 6. The first kappa shape index (κ1) is 27.6. The second kappa shape index (κ2) is 11.1. The van der Waals surface area contributed by atoms with Crippen molar-refractivity contribution >= 4 is 40.3 Å². The number of amidine groups is 1. The highest BCUT2D eigenvalue weighted by molar-refractivity contribution is 5.97. The Morgan fingerprint density at radius 2 is 1.85 bits per heavy atom. The third-order valence-electron chi connectivity index (χ3n) is 7.45. The Bertz CT molecular complexity index is 1410. The predicted molar refractivity (Wildman–Crippen MR) is 149 cm³/mol. The zero-order valence-corrected chi connectivity index (χ0v) is 22.4. The minimum absolute atomic E-state index is 0.0105. The minimum atomic E-state index is -1.22. The Morgan fingerprint density at radius 1 is 1.18 bits per heavy atom. The fourth-order valence-corrected chi connectivity index (χ4v) is 4.98. The minimum Gasteiger partial charge on any atom is -0.481 e. The zero-order valence-electron chi connectivity index (χ0n) is 22.4. The number of aliphatic carboxylic acids is 1. The van der Waals surface area contributed by atoms with E-state index in [0.717, 1.165) is 40.7 Å². The van der Waals surface area contributed by atoms with Crippen LogP contribution < -0.4 is 16.4 Å². The van der Waals surface area contributed by atoms with Gasteiger partial charge in [0.1, 0.15) is 17.6 Å². The van der Waals surface area contributed by atoms with E-state index >= 15 is 0 Å². The summed E-state index contributed by atoms with van der Waals surface area (Å²) < 4.78 is 0. The molecule has 0 bridgehead atoms. The number of imidazole rings is 1. The molecule has 0 aliphatic carbocycles. The standard InChI is InChI=1S/C28H35N7O4/c1-16-20(28(3,27(39)35-12-4-5-13-35)15-32-25(36)17(2)26(37)38)10-11-21-23(16)34-22(33-21)14-31-19-8-6-18(7-9-19)24(29)30/h6-11,17,31H,4-5,12-15H2,1-3H3,(H3,29,30)(H,32,36)(H,33,34)(H,37,38). The molecule has 0 saturated carbocycles. The van der Waals surface area contributed by atoms with Gasteiger partial charge in [-0.3, -0.25) is 19.8 Å². The van der Waals surface area contributed by atoms with E-state index in [1.54, 1.807) is 19.1 Å². The van der Waals surface area contributed by atoms with Crippen molar-refractivity contribution in [3.05, 3.63) is 58.9 Å². The van der Waals surface area contributed by atoms with Gasteiger partial charge in [-0.1, -0.05) is 6.07 Å². The summed E-state index contributed by atoms with van der Waals surface area (Å²) in [6.07, 6.45) is 1.85. The van der Waals surface area contributed by atoms with Gasteiger partial charge in [-0.2, -0.15) is 0 Å². The summed E-state index contributed by atoms with van der Waals surface area (Å²) in [6.45, 7) is 6.74. The van der Waals surface area contributed by atoms with Gasteiger partial charge in [0.15, 0.2) is 0 Å². The van der Waals surface area contributed by atoms with Crippen molar-refractivity contribution in [2.75, 3.05) is 25.0 Å². The van der Waals surface area contributed by atoms with Crippen molar-refractivity contribution in [2.45, 2.75) is 45.6 Å². The number of carbonyl (C=O) groups is 3. The fourth-order valence-electron chi connectivity index (χ4n) is 4.98. The number of likely N-dealkylation sites (tertiary alicyclic amines) is 1. The summed E-state index contributed by atoms with van der Waals surface area (Å²) in [6, 6.07) is 11.0. The summed E-state index contributed by atoms with van der Waals surface area (Å²) in [5, 5.41) is 22.8. The summed E-state index contributed by atoms with van der Waals surface area (Å²) in [4.78, 5) is 47.5. The van der Waals surface area contributed by atoms with Crippen LogP contribution in [0.5, 0.6) is 0 Å². The number of nitrogens with two attached hydrogens (primary N) is 1. The van der Waals surface area contributed by atoms with Crippen LogP contribution in [0.3, 0.4) is 0 Å². The molecule has 7 N–H and O–H groups in total. The Labute approximate surface area is 226 Å². The van der Waals surface area contributed by atoms with E-state index in [0.29, 0.717) is 31.0 Å². The molecule has 2 unspecified atom stereocenters. The van der Waals surface area contributed by atoms with E-state index in [9.17, 15) is 19.5 Å². The van der Waals surface area contributed by atoms with Crippen LogP contribution in [0.4, 0.5) is 5.69 Å². The quantitative estimate of drug-likeness (QED) is 0.132. The average Bonchev–Trinajstić information content (AvgIpc) is 3.60. The Morgan fingerprint density at radius 3 is 2.46 bits per heavy atom. The van der Waals surface area contributed by atoms with Crippen LogP contribution >= 0.6 is 0 Å². The summed E-state index contributed by atoms with van der Waals surface area (Å²) >= 11 is 0. The summed E-state index contributed by atoms with van der Waals surface area (Å²) in [5.74, 6) is -2.46. The number of aromatic nitrogens is 2. The number of amides is 2. The van der Waals surface area contributed by atoms with Gasteiger partial charge in [0, 0.05) is 30.9 Å². The molecule has 1 fully saturated rings. The highest BCUT2D eigenvalue weighted by atomic mass is 16.4. The highest BCUT2D eigenvalue weighted by Crippen LogP contribution is 2.33. The van der Waals surface area contributed by atoms with Crippen molar-refractivity contribution in [1.29, 1.82) is 5.41 Å². The van der Waals surface area contributed by atoms with E-state index < -0.39 is 23.2 Å². The number of rotatable bonds is 10. The maximum atomic E-state index is 13.8. The SMILES string of the molecule is Cc1c(C(C)(CNC(=O)C(C)C(=O)O)C(=O)N2CCCC2)ccc2[nH]c(CNc3ccc(C(=N)N)cc3)nc12. The average molecular weight is 534 g/mol. The fraction of sp³-hybridized carbons (Fsp3) is 0.393. The molecule has 0 radical (unpaired) electrons. The molecular weight excluding hydrogens is 498 g/mol. The number of hydrogen-bond acceptors (Lipinski definition) is 6. The number of benzene rings is 2. The van der Waals surface area contributed by atoms with Crippen LogP contribution in [-0.2, 0) is 26.3 Å². The molecule has 2 heterocycles. The van der Waals surface area contributed by atoms with Gasteiger partial charge in [0.25, 0.3) is 0 Å². The van der Waals surface area contributed by atoms with Crippen molar-refractivity contribution in [1.82, 2.24) is 20.2 Å². The number of carboxylic acids is 1. The highest BCUT2D eigenvalue weighted by Gasteiger charge is 2.41. The molecule has 11 nitrogen and oxygen atoms in total. The van der Waals surface area contributed by atoms with Crippen LogP contribution in [0, 0.1) is 18.3 Å². The molecule has 1 saturated heterocycles. The van der Waals surface area contributed by atoms with E-state index in [2.05, 4.69) is 15.6 Å². The zero-order chi connectivity index (χ0) is 28.3. The number of aromatic amines is 1. The van der Waals surface area contributed by atoms with Gasteiger partial charge in [0.05, 0.1) is 23.0 Å². The van der Waals surface area contributed by atoms with Crippen LogP contribution in [0.25, 0.3) is 11.0 Å². The molecule has 1 aliphatic rings. The third-order valence-corrected chi connectivity index (χ3v) is 7.45. The van der Waals surface area contributed by atoms with Crippen molar-refractivity contribution in [3.8, 4) is 0 Å². The lowest BCUT2D eigenvalue weighted by molar-refractivity contribution is -0.146. The molecule has 11 heteroatoms. The number of carboxylic acid groups (broad SMARTS) is 1. The van der Waals surface area contributed by atoms with Gasteiger partial charge in [-0.15, -0.1) is 0 Å². The van der Waals surface area contributed by atoms with Crippen LogP contribution in [0.15, 0.2) is 36.4 Å². The molecular formula is C28H35N7O4. The number of carbonyl (C=O) groups excluding carboxylic acids is 2. The number of anilines is 1. The normalized spacial score (nSPS) is 15.5. The van der Waals surface area contributed by atoms with E-state index in [1.807, 2.05) is 36.1 Å². The number of nitrogens with one attached hydrogen (secondary N) is 4. The topological polar surface area (TPSA) is 177 Å². The lowest BCUT2D eigenvalue weighted by Crippen LogP contribution is -2.52. The van der Waals surface area contributed by atoms with Gasteiger partial charge >= 0.3 is 5.97 Å². The molecule has 3 aromatic rings. The lowest BCUT2D eigenvalue weighted by Gasteiger charge is -2.34. The molecule has 2 amide bonds. The number of aryl methyl sites for hydroxylation is 1. The summed E-state index contributed by atoms with van der Waals surface area (Å²) in [7, 11) is 0. The first-order chi connectivity index (χ1) is 18.5. The van der Waals surface area contributed by atoms with Gasteiger partial charge in [0.2, 0.25) is 11.8 Å². The molecule has 4 rings (SSSR count). The number of nitrogen functional groups attached to an aromatic ring is 1. The predicted octanol–water partition coefficient (Wildman–Crippen LogP) is 2.48. The lowest BCUT2D eigenvalue weighted by atomic mass is 9.78. The van der Waals surface area contributed by atoms with E-state index in [1.165, 1.54) is 6.92 Å². The van der Waals surface area contributed by atoms with Crippen LogP contribution in [0.1, 0.15) is 49.2 Å². The van der Waals surface area contributed by atoms with Crippen molar-refractivity contribution in [2.24, 2.45) is 11.7 Å². The van der Waals surface area contributed by atoms with E-state index in [-0.39, 0.29) is 18.3 Å². The van der Waals surface area contributed by atoms with Gasteiger partial charge in [-0.25, -0.2) is 4.98 Å². The summed E-state index contributed by atoms with van der Waals surface area (Å²) in [5.41, 5.74) is 9.01. The number of nitrogens with zero attached hydrogens (tertiary/aromatic N) is 2. The second-order valence-corrected chi connectivity index (χ2v) is 10.3. The third kappa shape index (κ3) is 5.71. The molecule has 2 aromatic carbocycles. The molecule has 1 aliphatic heterocycles. The maximum absolute atomic E-state index is 13.8. The first-order valence-corrected chi connectivity index (χ1v) is 13.0. The molecule has 1 aromatic heterocycles. The van der Waals surface area contributed by atoms with E-state index in [4.69, 9.17) is 16.1 Å². The van der Waals surface area contributed by atoms with Gasteiger partial charge in [-0.05, 0) is 75.1 Å². The molecule has 0 spiro atoms. The smallest absolute Gasteiger partial charge is 0.315 e. The largest absolute Gasteiger partial charge is 0.481 e. The Hall–Kier alpha value is -4.41. The monoisotopic (exact) mass is 533 g/mol.